The second-order valence-corrected chi connectivity index (χ2v) is 3.56. The second-order valence-electron chi connectivity index (χ2n) is 3.56. The van der Waals surface area contributed by atoms with E-state index in [4.69, 9.17) is 0 Å². The van der Waals surface area contributed by atoms with Crippen LogP contribution in [0.15, 0.2) is 24.3 Å². The molecule has 1 aliphatic rings. The molecule has 13 heavy (non-hydrogen) atoms. The van der Waals surface area contributed by atoms with Gasteiger partial charge in [0.05, 0.1) is 0 Å². The lowest BCUT2D eigenvalue weighted by Crippen LogP contribution is -2.02. The van der Waals surface area contributed by atoms with E-state index in [0.717, 1.165) is 24.7 Å². The van der Waals surface area contributed by atoms with Gasteiger partial charge in [0.25, 0.3) is 0 Å². The number of para-hydroxylation sites is 1. The summed E-state index contributed by atoms with van der Waals surface area (Å²) in [6.45, 7) is 0. The van der Waals surface area contributed by atoms with Gasteiger partial charge in [-0.15, -0.1) is 0 Å². The Morgan fingerprint density at radius 3 is 2.62 bits per heavy atom. The molecule has 68 valence electrons. The zero-order valence-corrected chi connectivity index (χ0v) is 7.31. The van der Waals surface area contributed by atoms with E-state index in [-0.39, 0.29) is 11.7 Å². The van der Waals surface area contributed by atoms with Gasteiger partial charge in [-0.05, 0) is 24.8 Å². The van der Waals surface area contributed by atoms with Gasteiger partial charge in [-0.1, -0.05) is 18.2 Å². The summed E-state index contributed by atoms with van der Waals surface area (Å²) >= 11 is 0. The molecule has 0 bridgehead atoms. The average molecular weight is 176 g/mol. The molecule has 1 atom stereocenters. The molecule has 0 radical (unpaired) electrons. The van der Waals surface area contributed by atoms with Crippen molar-refractivity contribution in [2.75, 3.05) is 0 Å². The number of benzene rings is 1. The van der Waals surface area contributed by atoms with Crippen LogP contribution in [0, 0.1) is 5.92 Å². The molecular weight excluding hydrogens is 164 g/mol. The van der Waals surface area contributed by atoms with Gasteiger partial charge in [0.1, 0.15) is 12.0 Å². The minimum absolute atomic E-state index is 0.0961. The molecule has 1 aromatic rings. The first-order valence-electron chi connectivity index (χ1n) is 4.56. The summed E-state index contributed by atoms with van der Waals surface area (Å²) in [6, 6.07) is 7.09. The van der Waals surface area contributed by atoms with Crippen LogP contribution in [0.5, 0.6) is 5.75 Å². The zero-order valence-electron chi connectivity index (χ0n) is 7.31. The van der Waals surface area contributed by atoms with Crippen LogP contribution in [0.3, 0.4) is 0 Å². The van der Waals surface area contributed by atoms with E-state index >= 15 is 0 Å². The monoisotopic (exact) mass is 176 g/mol. The predicted octanol–water partition coefficient (Wildman–Crippen LogP) is 2.08. The smallest absolute Gasteiger partial charge is 0.127 e. The molecule has 0 spiro atoms. The van der Waals surface area contributed by atoms with Crippen molar-refractivity contribution in [2.24, 2.45) is 5.92 Å². The highest BCUT2D eigenvalue weighted by atomic mass is 16.3. The van der Waals surface area contributed by atoms with Crippen molar-refractivity contribution < 1.29 is 9.90 Å². The summed E-state index contributed by atoms with van der Waals surface area (Å²) < 4.78 is 0. The topological polar surface area (TPSA) is 37.3 Å². The Balaban J connectivity index is 2.31. The van der Waals surface area contributed by atoms with Crippen LogP contribution in [0.4, 0.5) is 0 Å². The van der Waals surface area contributed by atoms with Crippen LogP contribution >= 0.6 is 0 Å². The number of hydrogen-bond acceptors (Lipinski definition) is 2. The van der Waals surface area contributed by atoms with E-state index in [1.807, 2.05) is 12.1 Å². The van der Waals surface area contributed by atoms with Crippen LogP contribution in [0.1, 0.15) is 24.3 Å². The molecule has 2 nitrogen and oxygen atoms in total. The molecule has 1 aromatic carbocycles. The molecule has 0 aromatic heterocycles. The number of phenols is 1. The highest BCUT2D eigenvalue weighted by Gasteiger charge is 2.33. The third-order valence-electron chi connectivity index (χ3n) is 2.57. The Morgan fingerprint density at radius 2 is 2.08 bits per heavy atom. The standard InChI is InChI=1S/C11H12O2/c12-7-10(8-5-6-8)9-3-1-2-4-11(9)13/h1-4,7-8,10,13H,5-6H2. The van der Waals surface area contributed by atoms with Crippen molar-refractivity contribution in [2.45, 2.75) is 18.8 Å². The fourth-order valence-electron chi connectivity index (χ4n) is 1.66. The maximum Gasteiger partial charge on any atom is 0.127 e. The number of hydrogen-bond donors (Lipinski definition) is 1. The molecule has 1 N–H and O–H groups in total. The van der Waals surface area contributed by atoms with Crippen LogP contribution in [0.25, 0.3) is 0 Å². The third-order valence-corrected chi connectivity index (χ3v) is 2.57. The van der Waals surface area contributed by atoms with Gasteiger partial charge in [-0.25, -0.2) is 0 Å². The van der Waals surface area contributed by atoms with Gasteiger partial charge in [0, 0.05) is 11.5 Å². The second kappa shape index (κ2) is 3.21. The van der Waals surface area contributed by atoms with Crippen LogP contribution < -0.4 is 0 Å². The van der Waals surface area contributed by atoms with E-state index in [2.05, 4.69) is 0 Å². The third kappa shape index (κ3) is 1.57. The van der Waals surface area contributed by atoms with E-state index in [1.165, 1.54) is 0 Å². The summed E-state index contributed by atoms with van der Waals surface area (Å²) in [5, 5.41) is 9.53. The number of rotatable bonds is 3. The molecule has 1 fully saturated rings. The Bertz CT molecular complexity index is 316. The Kier molecular flexibility index (Phi) is 2.05. The fourth-order valence-corrected chi connectivity index (χ4v) is 1.66. The normalized spacial score (nSPS) is 18.2. The summed E-state index contributed by atoms with van der Waals surface area (Å²) in [4.78, 5) is 10.8. The van der Waals surface area contributed by atoms with Gasteiger partial charge in [-0.3, -0.25) is 0 Å². The van der Waals surface area contributed by atoms with Crippen molar-refractivity contribution in [3.8, 4) is 5.75 Å². The Labute approximate surface area is 77.2 Å². The van der Waals surface area contributed by atoms with E-state index < -0.39 is 0 Å². The van der Waals surface area contributed by atoms with Gasteiger partial charge in [-0.2, -0.15) is 0 Å². The largest absolute Gasteiger partial charge is 0.508 e. The van der Waals surface area contributed by atoms with Crippen molar-refractivity contribution in [3.63, 3.8) is 0 Å². The quantitative estimate of drug-likeness (QED) is 0.716. The molecule has 1 unspecified atom stereocenters. The molecule has 0 amide bonds. The molecule has 2 rings (SSSR count). The van der Waals surface area contributed by atoms with Crippen molar-refractivity contribution in [3.05, 3.63) is 29.8 Å². The average Bonchev–Trinajstić information content (AvgIpc) is 2.93. The van der Waals surface area contributed by atoms with Crippen LogP contribution in [0.2, 0.25) is 0 Å². The number of phenolic OH excluding ortho intramolecular Hbond substituents is 1. The van der Waals surface area contributed by atoms with Gasteiger partial charge in [0.2, 0.25) is 0 Å². The summed E-state index contributed by atoms with van der Waals surface area (Å²) in [5.41, 5.74) is 0.778. The van der Waals surface area contributed by atoms with Crippen molar-refractivity contribution in [1.82, 2.24) is 0 Å². The number of carbonyl (C=O) groups is 1. The van der Waals surface area contributed by atoms with Crippen molar-refractivity contribution in [1.29, 1.82) is 0 Å². The van der Waals surface area contributed by atoms with Crippen molar-refractivity contribution >= 4 is 6.29 Å². The van der Waals surface area contributed by atoms with Gasteiger partial charge in [0.15, 0.2) is 0 Å². The lowest BCUT2D eigenvalue weighted by atomic mass is 9.95. The maximum absolute atomic E-state index is 10.8. The molecule has 0 saturated heterocycles. The van der Waals surface area contributed by atoms with E-state index in [1.54, 1.807) is 12.1 Å². The minimum atomic E-state index is -0.0961. The first-order valence-corrected chi connectivity index (χ1v) is 4.56. The number of carbonyl (C=O) groups excluding carboxylic acids is 1. The predicted molar refractivity (Wildman–Crippen MR) is 49.6 cm³/mol. The van der Waals surface area contributed by atoms with Gasteiger partial charge < -0.3 is 9.90 Å². The van der Waals surface area contributed by atoms with Crippen LogP contribution in [-0.4, -0.2) is 11.4 Å². The van der Waals surface area contributed by atoms with Crippen LogP contribution in [-0.2, 0) is 4.79 Å². The highest BCUT2D eigenvalue weighted by molar-refractivity contribution is 5.65. The van der Waals surface area contributed by atoms with Gasteiger partial charge >= 0.3 is 0 Å². The minimum Gasteiger partial charge on any atom is -0.508 e. The maximum atomic E-state index is 10.8. The first kappa shape index (κ1) is 8.30. The summed E-state index contributed by atoms with van der Waals surface area (Å²) in [6.07, 6.45) is 3.17. The first-order chi connectivity index (χ1) is 6.33. The van der Waals surface area contributed by atoms with E-state index in [0.29, 0.717) is 5.92 Å². The fraction of sp³-hybridized carbons (Fsp3) is 0.364. The molecule has 2 heteroatoms. The molecule has 0 aliphatic heterocycles. The lowest BCUT2D eigenvalue weighted by Gasteiger charge is -2.10. The molecule has 1 aliphatic carbocycles. The Morgan fingerprint density at radius 1 is 1.38 bits per heavy atom. The SMILES string of the molecule is O=CC(c1ccccc1O)C1CC1. The molecule has 0 heterocycles. The molecular formula is C11H12O2. The summed E-state index contributed by atoms with van der Waals surface area (Å²) in [5.74, 6) is 0.610. The zero-order chi connectivity index (χ0) is 9.26. The lowest BCUT2D eigenvalue weighted by molar-refractivity contribution is -0.109. The number of aldehydes is 1. The summed E-state index contributed by atoms with van der Waals surface area (Å²) in [7, 11) is 0. The highest BCUT2D eigenvalue weighted by Crippen LogP contribution is 2.43. The molecule has 1 saturated carbocycles. The Hall–Kier alpha value is -1.31. The number of aromatic hydroxyl groups is 1. The van der Waals surface area contributed by atoms with E-state index in [9.17, 15) is 9.90 Å².